The van der Waals surface area contributed by atoms with E-state index in [1.807, 2.05) is 6.07 Å². The number of ether oxygens (including phenoxy) is 4. The molecule has 0 heterocycles. The van der Waals surface area contributed by atoms with Crippen LogP contribution >= 0.6 is 0 Å². The van der Waals surface area contributed by atoms with E-state index < -0.39 is 5.97 Å². The van der Waals surface area contributed by atoms with Gasteiger partial charge in [0.15, 0.2) is 17.3 Å². The zero-order valence-corrected chi connectivity index (χ0v) is 13.7. The van der Waals surface area contributed by atoms with E-state index >= 15 is 0 Å². The summed E-state index contributed by atoms with van der Waals surface area (Å²) < 4.78 is 20.9. The third-order valence-corrected chi connectivity index (χ3v) is 3.90. The molecule has 1 atom stereocenters. The Kier molecular flexibility index (Phi) is 5.26. The zero-order chi connectivity index (χ0) is 17.0. The van der Waals surface area contributed by atoms with Gasteiger partial charge in [-0.15, -0.1) is 0 Å². The van der Waals surface area contributed by atoms with E-state index in [2.05, 4.69) is 0 Å². The van der Waals surface area contributed by atoms with Gasteiger partial charge in [0.2, 0.25) is 5.75 Å². The lowest BCUT2D eigenvalue weighted by atomic mass is 9.81. The summed E-state index contributed by atoms with van der Waals surface area (Å²) in [6, 6.07) is 3.57. The lowest BCUT2D eigenvalue weighted by Gasteiger charge is -2.25. The van der Waals surface area contributed by atoms with Crippen LogP contribution < -0.4 is 14.2 Å². The van der Waals surface area contributed by atoms with Crippen molar-refractivity contribution >= 4 is 11.8 Å². The second-order valence-corrected chi connectivity index (χ2v) is 5.07. The first-order valence-corrected chi connectivity index (χ1v) is 7.18. The van der Waals surface area contributed by atoms with Gasteiger partial charge in [0.1, 0.15) is 0 Å². The van der Waals surface area contributed by atoms with Crippen LogP contribution in [0.4, 0.5) is 0 Å². The van der Waals surface area contributed by atoms with E-state index in [0.29, 0.717) is 35.7 Å². The van der Waals surface area contributed by atoms with Crippen molar-refractivity contribution in [1.29, 1.82) is 0 Å². The van der Waals surface area contributed by atoms with Crippen LogP contribution in [0.25, 0.3) is 0 Å². The second kappa shape index (κ2) is 7.17. The summed E-state index contributed by atoms with van der Waals surface area (Å²) >= 11 is 0. The quantitative estimate of drug-likeness (QED) is 0.775. The summed E-state index contributed by atoms with van der Waals surface area (Å²) in [6.07, 6.45) is 2.23. The molecule has 1 aromatic carbocycles. The monoisotopic (exact) mass is 320 g/mol. The first-order chi connectivity index (χ1) is 11.1. The Morgan fingerprint density at radius 1 is 1.04 bits per heavy atom. The Balaban J connectivity index is 2.58. The lowest BCUT2D eigenvalue weighted by Crippen LogP contribution is -2.20. The van der Waals surface area contributed by atoms with Crippen molar-refractivity contribution in [2.75, 3.05) is 28.4 Å². The van der Waals surface area contributed by atoms with Gasteiger partial charge < -0.3 is 18.9 Å². The maximum absolute atomic E-state index is 12.0. The number of ketones is 1. The molecule has 1 aliphatic carbocycles. The van der Waals surface area contributed by atoms with Crippen molar-refractivity contribution in [2.45, 2.75) is 18.8 Å². The highest BCUT2D eigenvalue weighted by atomic mass is 16.5. The molecule has 6 nitrogen and oxygen atoms in total. The SMILES string of the molecule is COC(=O)C1=CC(=O)CCC1c1ccc(OC)c(OC)c1OC. The summed E-state index contributed by atoms with van der Waals surface area (Å²) in [7, 11) is 5.88. The largest absolute Gasteiger partial charge is 0.493 e. The first-order valence-electron chi connectivity index (χ1n) is 7.18. The van der Waals surface area contributed by atoms with Crippen LogP contribution in [0, 0.1) is 0 Å². The Morgan fingerprint density at radius 2 is 1.74 bits per heavy atom. The molecule has 0 spiro atoms. The zero-order valence-electron chi connectivity index (χ0n) is 13.7. The Hall–Kier alpha value is -2.50. The molecule has 1 unspecified atom stereocenters. The number of allylic oxidation sites excluding steroid dienone is 1. The van der Waals surface area contributed by atoms with Gasteiger partial charge in [0, 0.05) is 23.5 Å². The average molecular weight is 320 g/mol. The fourth-order valence-electron chi connectivity index (χ4n) is 2.83. The van der Waals surface area contributed by atoms with Crippen LogP contribution in [0.2, 0.25) is 0 Å². The van der Waals surface area contributed by atoms with Gasteiger partial charge >= 0.3 is 5.97 Å². The van der Waals surface area contributed by atoms with Gasteiger partial charge in [0.05, 0.1) is 28.4 Å². The molecule has 0 aromatic heterocycles. The van der Waals surface area contributed by atoms with Crippen molar-refractivity contribution < 1.29 is 28.5 Å². The summed E-state index contributed by atoms with van der Waals surface area (Å²) in [6.45, 7) is 0. The number of benzene rings is 1. The third-order valence-electron chi connectivity index (χ3n) is 3.90. The van der Waals surface area contributed by atoms with E-state index in [-0.39, 0.29) is 11.7 Å². The molecule has 0 saturated carbocycles. The van der Waals surface area contributed by atoms with Crippen LogP contribution in [-0.4, -0.2) is 40.2 Å². The standard InChI is InChI=1S/C17H20O6/c1-20-14-8-7-12(15(21-2)16(14)22-3)11-6-5-10(18)9-13(11)17(19)23-4/h7-9,11H,5-6H2,1-4H3. The number of carbonyl (C=O) groups excluding carboxylic acids is 2. The van der Waals surface area contributed by atoms with E-state index in [1.165, 1.54) is 34.5 Å². The highest BCUT2D eigenvalue weighted by Crippen LogP contribution is 2.46. The normalized spacial score (nSPS) is 17.3. The molecule has 23 heavy (non-hydrogen) atoms. The minimum atomic E-state index is -0.514. The Bertz CT molecular complexity index is 647. The molecule has 0 fully saturated rings. The predicted octanol–water partition coefficient (Wildman–Crippen LogP) is 2.26. The Labute approximate surface area is 135 Å². The molecule has 124 valence electrons. The second-order valence-electron chi connectivity index (χ2n) is 5.07. The van der Waals surface area contributed by atoms with Crippen molar-refractivity contribution in [3.63, 3.8) is 0 Å². The summed E-state index contributed by atoms with van der Waals surface area (Å²) in [5, 5.41) is 0. The highest BCUT2D eigenvalue weighted by molar-refractivity contribution is 6.02. The fraction of sp³-hybridized carbons (Fsp3) is 0.412. The van der Waals surface area contributed by atoms with Crippen LogP contribution in [0.5, 0.6) is 17.2 Å². The van der Waals surface area contributed by atoms with E-state index in [0.717, 1.165) is 5.56 Å². The molecule has 1 aliphatic rings. The molecule has 6 heteroatoms. The molecule has 1 aromatic rings. The average Bonchev–Trinajstić information content (AvgIpc) is 2.59. The topological polar surface area (TPSA) is 71.1 Å². The van der Waals surface area contributed by atoms with Gasteiger partial charge in [-0.2, -0.15) is 0 Å². The molecule has 2 rings (SSSR count). The molecule has 0 amide bonds. The number of esters is 1. The van der Waals surface area contributed by atoms with Crippen molar-refractivity contribution in [1.82, 2.24) is 0 Å². The smallest absolute Gasteiger partial charge is 0.334 e. The summed E-state index contributed by atoms with van der Waals surface area (Å²) in [5.41, 5.74) is 1.09. The molecular formula is C17H20O6. The number of rotatable bonds is 5. The molecule has 0 radical (unpaired) electrons. The maximum atomic E-state index is 12.0. The van der Waals surface area contributed by atoms with Crippen molar-refractivity contribution in [3.05, 3.63) is 29.3 Å². The van der Waals surface area contributed by atoms with Crippen LogP contribution in [0.3, 0.4) is 0 Å². The maximum Gasteiger partial charge on any atom is 0.334 e. The molecule has 0 bridgehead atoms. The van der Waals surface area contributed by atoms with E-state index in [9.17, 15) is 9.59 Å². The molecule has 0 aliphatic heterocycles. The lowest BCUT2D eigenvalue weighted by molar-refractivity contribution is -0.137. The number of hydrogen-bond acceptors (Lipinski definition) is 6. The molecular weight excluding hydrogens is 300 g/mol. The third kappa shape index (κ3) is 3.16. The van der Waals surface area contributed by atoms with Gasteiger partial charge in [-0.1, -0.05) is 6.07 Å². The van der Waals surface area contributed by atoms with Crippen LogP contribution in [-0.2, 0) is 14.3 Å². The highest BCUT2D eigenvalue weighted by Gasteiger charge is 2.32. The fourth-order valence-corrected chi connectivity index (χ4v) is 2.83. The number of hydrogen-bond donors (Lipinski definition) is 0. The van der Waals surface area contributed by atoms with Gasteiger partial charge in [-0.25, -0.2) is 4.79 Å². The minimum absolute atomic E-state index is 0.0823. The predicted molar refractivity (Wildman–Crippen MR) is 83.2 cm³/mol. The van der Waals surface area contributed by atoms with Gasteiger partial charge in [-0.05, 0) is 18.6 Å². The van der Waals surface area contributed by atoms with Crippen molar-refractivity contribution in [3.8, 4) is 17.2 Å². The number of methoxy groups -OCH3 is 4. The first kappa shape index (κ1) is 16.9. The van der Waals surface area contributed by atoms with Crippen LogP contribution in [0.15, 0.2) is 23.8 Å². The van der Waals surface area contributed by atoms with Gasteiger partial charge in [-0.3, -0.25) is 4.79 Å². The van der Waals surface area contributed by atoms with Crippen LogP contribution in [0.1, 0.15) is 24.3 Å². The number of carbonyl (C=O) groups is 2. The van der Waals surface area contributed by atoms with E-state index in [1.54, 1.807) is 6.07 Å². The summed E-state index contributed by atoms with van der Waals surface area (Å²) in [4.78, 5) is 23.7. The van der Waals surface area contributed by atoms with E-state index in [4.69, 9.17) is 18.9 Å². The molecule has 0 N–H and O–H groups in total. The molecule has 0 saturated heterocycles. The van der Waals surface area contributed by atoms with Crippen molar-refractivity contribution in [2.24, 2.45) is 0 Å². The minimum Gasteiger partial charge on any atom is -0.493 e. The van der Waals surface area contributed by atoms with Gasteiger partial charge in [0.25, 0.3) is 0 Å². The summed E-state index contributed by atoms with van der Waals surface area (Å²) in [5.74, 6) is 0.578. The Morgan fingerprint density at radius 3 is 2.30 bits per heavy atom.